The van der Waals surface area contributed by atoms with Crippen molar-refractivity contribution in [1.82, 2.24) is 69.3 Å². The second kappa shape index (κ2) is 20.7. The van der Waals surface area contributed by atoms with E-state index in [9.17, 15) is 22.8 Å². The molecule has 12 rings (SSSR count). The Morgan fingerprint density at radius 2 is 1.09 bits per heavy atom. The standard InChI is InChI=1S/C25H31F2N9O.C14H20ClFN4.C12H13FN4O/c1-25(2)12-15(9-16-5-4-8-35(16)25)29-22-19(27)13-28-23(31-22)30-20-11-21(36-24(37)34(3)32-33-36)17(10-18(20)26)14-6-7-14;1-14(2)7-9(6-10-4-3-5-20(10)14)18-12-11(16)8-17-13(15)19-12;1-7-5-11(17-12(18)16(2)14-15-17)9(6-10(7)13)8-3-4-8/h10-11,13-16H,4-9,12H2,1-3H3,(H2,28,29,30,31);8-10H,3-7H2,1-2H3,(H,17,18,19);5-6,8H,3-4H2,1-2H3/t15-,16+;9-,10+;/m11./s1. The van der Waals surface area contributed by atoms with Gasteiger partial charge in [0, 0.05) is 49.3 Å². The van der Waals surface area contributed by atoms with Gasteiger partial charge in [-0.1, -0.05) is 0 Å². The lowest BCUT2D eigenvalue weighted by Gasteiger charge is -2.47. The summed E-state index contributed by atoms with van der Waals surface area (Å²) in [5.74, 6) is -0.892. The Labute approximate surface area is 436 Å². The third kappa shape index (κ3) is 11.2. The van der Waals surface area contributed by atoms with Gasteiger partial charge in [0.25, 0.3) is 0 Å². The molecule has 75 heavy (non-hydrogen) atoms. The van der Waals surface area contributed by atoms with Crippen molar-refractivity contribution in [2.24, 2.45) is 14.1 Å². The molecule has 6 aliphatic rings. The van der Waals surface area contributed by atoms with Crippen LogP contribution in [-0.2, 0) is 14.1 Å². The molecule has 6 fully saturated rings. The fourth-order valence-electron chi connectivity index (χ4n) is 11.8. The minimum absolute atomic E-state index is 0.0168. The predicted molar refractivity (Wildman–Crippen MR) is 275 cm³/mol. The van der Waals surface area contributed by atoms with Crippen LogP contribution >= 0.6 is 11.6 Å². The first-order valence-electron chi connectivity index (χ1n) is 25.9. The van der Waals surface area contributed by atoms with E-state index < -0.39 is 23.1 Å². The van der Waals surface area contributed by atoms with E-state index in [0.717, 1.165) is 96.3 Å². The molecule has 0 radical (unpaired) electrons. The average Bonchev–Trinajstić information content (AvgIpc) is 4.22. The molecule has 400 valence electrons. The molecule has 4 aliphatic heterocycles. The highest BCUT2D eigenvalue weighted by Crippen LogP contribution is 2.45. The third-order valence-electron chi connectivity index (χ3n) is 15.7. The molecular formula is C51H64ClF4N17O2. The Bertz CT molecular complexity index is 3200. The summed E-state index contributed by atoms with van der Waals surface area (Å²) in [6.07, 6.45) is 14.7. The van der Waals surface area contributed by atoms with E-state index in [1.54, 1.807) is 20.0 Å². The summed E-state index contributed by atoms with van der Waals surface area (Å²) in [5.41, 5.74) is 2.64. The van der Waals surface area contributed by atoms with Gasteiger partial charge in [-0.15, -0.1) is 0 Å². The maximum atomic E-state index is 15.1. The van der Waals surface area contributed by atoms with Crippen LogP contribution in [0.15, 0.2) is 46.2 Å². The summed E-state index contributed by atoms with van der Waals surface area (Å²) < 4.78 is 61.9. The van der Waals surface area contributed by atoms with E-state index in [4.69, 9.17) is 11.6 Å². The SMILES string of the molecule is CC1(C)C[C@H](Nc2nc(Cl)ncc2F)C[C@@H]2CCCN21.Cc1cc(-n2nnn(C)c2=O)c(C2CC2)cc1F.Cn1nnn(-c2cc(Nc3ncc(F)c(N[C@@H]4C[C@@H]5CCCN5C(C)(C)C4)n3)c(F)cc2C2CC2)c1=O. The Balaban J connectivity index is 0.000000142. The summed E-state index contributed by atoms with van der Waals surface area (Å²) in [6, 6.07) is 7.47. The topological polar surface area (TPSA) is 200 Å². The Morgan fingerprint density at radius 1 is 0.613 bits per heavy atom. The summed E-state index contributed by atoms with van der Waals surface area (Å²) in [4.78, 5) is 45.5. The van der Waals surface area contributed by atoms with Crippen LogP contribution in [0.2, 0.25) is 5.28 Å². The van der Waals surface area contributed by atoms with Gasteiger partial charge in [0.05, 0.1) is 29.5 Å². The number of aromatic nitrogens is 12. The number of tetrazole rings is 2. The van der Waals surface area contributed by atoms with Gasteiger partial charge >= 0.3 is 11.4 Å². The Kier molecular flexibility index (Phi) is 14.4. The number of aryl methyl sites for hydroxylation is 3. The first kappa shape index (κ1) is 52.1. The molecule has 3 N–H and O–H groups in total. The smallest absolute Gasteiger partial charge is 0.365 e. The number of hydrogen-bond acceptors (Lipinski definition) is 15. The van der Waals surface area contributed by atoms with Crippen molar-refractivity contribution in [3.63, 3.8) is 0 Å². The second-order valence-electron chi connectivity index (χ2n) is 22.2. The highest BCUT2D eigenvalue weighted by molar-refractivity contribution is 6.28. The maximum Gasteiger partial charge on any atom is 0.368 e. The summed E-state index contributed by atoms with van der Waals surface area (Å²) in [7, 11) is 3.04. The molecule has 4 saturated heterocycles. The lowest BCUT2D eigenvalue weighted by molar-refractivity contribution is 0.0498. The van der Waals surface area contributed by atoms with Crippen molar-refractivity contribution in [2.45, 2.75) is 159 Å². The van der Waals surface area contributed by atoms with E-state index in [1.165, 1.54) is 55.7 Å². The van der Waals surface area contributed by atoms with Gasteiger partial charge in [-0.25, -0.2) is 37.1 Å². The maximum absolute atomic E-state index is 15.1. The van der Waals surface area contributed by atoms with Crippen LogP contribution in [0, 0.1) is 30.2 Å². The van der Waals surface area contributed by atoms with E-state index in [0.29, 0.717) is 40.5 Å². The van der Waals surface area contributed by atoms with Gasteiger partial charge in [-0.05, 0) is 210 Å². The Hall–Kier alpha value is -6.33. The zero-order valence-electron chi connectivity index (χ0n) is 43.3. The minimum atomic E-state index is -0.562. The van der Waals surface area contributed by atoms with Crippen molar-refractivity contribution in [2.75, 3.05) is 29.0 Å². The van der Waals surface area contributed by atoms with Crippen molar-refractivity contribution in [3.05, 3.63) is 103 Å². The quantitative estimate of drug-likeness (QED) is 0.0885. The Morgan fingerprint density at radius 3 is 1.59 bits per heavy atom. The monoisotopic (exact) mass is 1060 g/mol. The molecule has 24 heteroatoms. The number of nitrogens with one attached hydrogen (secondary N) is 3. The lowest BCUT2D eigenvalue weighted by atomic mass is 9.84. The molecule has 0 amide bonds. The normalized spacial score (nSPS) is 22.8. The molecule has 2 aliphatic carbocycles. The molecule has 4 aromatic heterocycles. The third-order valence-corrected chi connectivity index (χ3v) is 15.8. The summed E-state index contributed by atoms with van der Waals surface area (Å²) in [5, 5.41) is 24.7. The number of fused-ring (bicyclic) bond motifs is 2. The minimum Gasteiger partial charge on any atom is -0.365 e. The van der Waals surface area contributed by atoms with Gasteiger partial charge < -0.3 is 16.0 Å². The summed E-state index contributed by atoms with van der Waals surface area (Å²) in [6.45, 7) is 13.0. The first-order valence-corrected chi connectivity index (χ1v) is 26.3. The van der Waals surface area contributed by atoms with Crippen LogP contribution in [0.3, 0.4) is 0 Å². The molecular weight excluding hydrogens is 994 g/mol. The largest absolute Gasteiger partial charge is 0.368 e. The van der Waals surface area contributed by atoms with Crippen LogP contribution in [0.4, 0.5) is 40.8 Å². The van der Waals surface area contributed by atoms with E-state index in [1.807, 2.05) is 0 Å². The van der Waals surface area contributed by atoms with Gasteiger partial charge in [0.1, 0.15) is 11.6 Å². The van der Waals surface area contributed by atoms with Crippen LogP contribution in [0.5, 0.6) is 0 Å². The van der Waals surface area contributed by atoms with Gasteiger partial charge in [-0.2, -0.15) is 28.7 Å². The molecule has 8 heterocycles. The van der Waals surface area contributed by atoms with Crippen molar-refractivity contribution >= 4 is 34.9 Å². The van der Waals surface area contributed by atoms with Crippen molar-refractivity contribution in [1.29, 1.82) is 0 Å². The molecule has 19 nitrogen and oxygen atoms in total. The second-order valence-corrected chi connectivity index (χ2v) is 22.5. The van der Waals surface area contributed by atoms with Crippen LogP contribution in [0.25, 0.3) is 11.4 Å². The van der Waals surface area contributed by atoms with E-state index >= 15 is 4.39 Å². The number of halogens is 5. The molecule has 0 bridgehead atoms. The molecule has 2 aromatic carbocycles. The van der Waals surface area contributed by atoms with Gasteiger partial charge in [0.15, 0.2) is 23.3 Å². The number of hydrogen-bond donors (Lipinski definition) is 3. The number of rotatable bonds is 10. The zero-order chi connectivity index (χ0) is 53.1. The lowest BCUT2D eigenvalue weighted by Crippen LogP contribution is -2.55. The van der Waals surface area contributed by atoms with Crippen LogP contribution in [-0.4, -0.2) is 118 Å². The van der Waals surface area contributed by atoms with Crippen LogP contribution in [0.1, 0.15) is 133 Å². The molecule has 4 atom stereocenters. The van der Waals surface area contributed by atoms with Crippen molar-refractivity contribution < 1.29 is 17.6 Å². The fraction of sp³-hybridized carbons (Fsp3) is 0.569. The van der Waals surface area contributed by atoms with Crippen LogP contribution < -0.4 is 27.3 Å². The van der Waals surface area contributed by atoms with E-state index in [2.05, 4.69) is 94.2 Å². The predicted octanol–water partition coefficient (Wildman–Crippen LogP) is 7.85. The number of piperidine rings is 2. The average molecular weight is 1060 g/mol. The number of anilines is 4. The fourth-order valence-corrected chi connectivity index (χ4v) is 11.9. The number of benzene rings is 2. The molecule has 0 unspecified atom stereocenters. The zero-order valence-corrected chi connectivity index (χ0v) is 44.1. The molecule has 0 spiro atoms. The van der Waals surface area contributed by atoms with E-state index in [-0.39, 0.29) is 69.1 Å². The highest BCUT2D eigenvalue weighted by atomic mass is 35.5. The van der Waals surface area contributed by atoms with Gasteiger partial charge in [-0.3, -0.25) is 9.80 Å². The van der Waals surface area contributed by atoms with Gasteiger partial charge in [0.2, 0.25) is 11.2 Å². The summed E-state index contributed by atoms with van der Waals surface area (Å²) >= 11 is 5.74. The molecule has 2 saturated carbocycles. The molecule has 6 aromatic rings. The first-order chi connectivity index (χ1) is 35.7. The highest BCUT2D eigenvalue weighted by Gasteiger charge is 2.44. The van der Waals surface area contributed by atoms with Crippen molar-refractivity contribution in [3.8, 4) is 11.4 Å². The number of nitrogens with zero attached hydrogens (tertiary/aromatic N) is 14.